The molecule has 0 bridgehead atoms. The first kappa shape index (κ1) is 17.0. The van der Waals surface area contributed by atoms with Gasteiger partial charge in [0, 0.05) is 0 Å². The summed E-state index contributed by atoms with van der Waals surface area (Å²) in [5, 5.41) is 0. The third kappa shape index (κ3) is 12.5. The van der Waals surface area contributed by atoms with Gasteiger partial charge in [0.15, 0.2) is 0 Å². The monoisotopic (exact) mass is 234 g/mol. The lowest BCUT2D eigenvalue weighted by Gasteiger charge is -2.11. The highest BCUT2D eigenvalue weighted by atomic mass is 16.6. The molecule has 0 saturated heterocycles. The van der Waals surface area contributed by atoms with Gasteiger partial charge >= 0.3 is 12.2 Å². The van der Waals surface area contributed by atoms with Crippen LogP contribution in [0.25, 0.3) is 0 Å². The molecule has 0 fully saturated rings. The zero-order valence-electron chi connectivity index (χ0n) is 10.8. The molecule has 0 aromatic carbocycles. The second kappa shape index (κ2) is 10.1. The molecule has 0 spiro atoms. The van der Waals surface area contributed by atoms with Crippen molar-refractivity contribution in [3.63, 3.8) is 0 Å². The summed E-state index contributed by atoms with van der Waals surface area (Å²) in [5.41, 5.74) is 4.07. The summed E-state index contributed by atoms with van der Waals surface area (Å²) in [6, 6.07) is 0. The number of carbonyl (C=O) groups is 2. The molecule has 0 aromatic rings. The highest BCUT2D eigenvalue weighted by Gasteiger charge is 2.08. The number of hydrogen-bond donors (Lipinski definition) is 2. The average Bonchev–Trinajstić information content (AvgIpc) is 2.16. The molecule has 96 valence electrons. The summed E-state index contributed by atoms with van der Waals surface area (Å²) in [4.78, 5) is 21.7. The Morgan fingerprint density at radius 1 is 0.812 bits per heavy atom. The van der Waals surface area contributed by atoms with Crippen molar-refractivity contribution in [1.29, 1.82) is 0 Å². The minimum atomic E-state index is -0.722. The van der Waals surface area contributed by atoms with Crippen LogP contribution in [0.15, 0.2) is 0 Å². The summed E-state index contributed by atoms with van der Waals surface area (Å²) < 4.78 is 9.37. The van der Waals surface area contributed by atoms with Gasteiger partial charge in [0.1, 0.15) is 0 Å². The molecule has 0 heterocycles. The van der Waals surface area contributed by atoms with E-state index in [9.17, 15) is 9.59 Å². The van der Waals surface area contributed by atoms with Crippen LogP contribution in [-0.4, -0.2) is 24.4 Å². The number of ether oxygens (including phenoxy) is 2. The lowest BCUT2D eigenvalue weighted by atomic mass is 10.5. The standard InChI is InChI=1S/C8H16N2O4.C2H6/c1-5(2)13-7(11)9-10-8(12)14-6(3)4;1-2/h5-6H,1-4H3,(H,9,11)(H,10,12);1-2H3. The van der Waals surface area contributed by atoms with E-state index in [1.54, 1.807) is 27.7 Å². The van der Waals surface area contributed by atoms with E-state index in [2.05, 4.69) is 9.47 Å². The average molecular weight is 234 g/mol. The van der Waals surface area contributed by atoms with Crippen LogP contribution in [0.5, 0.6) is 0 Å². The molecule has 0 aliphatic carbocycles. The van der Waals surface area contributed by atoms with Crippen molar-refractivity contribution in [2.75, 3.05) is 0 Å². The van der Waals surface area contributed by atoms with Crippen LogP contribution in [0, 0.1) is 0 Å². The smallest absolute Gasteiger partial charge is 0.426 e. The van der Waals surface area contributed by atoms with Crippen LogP contribution in [0.3, 0.4) is 0 Å². The maximum Gasteiger partial charge on any atom is 0.426 e. The second-order valence-corrected chi connectivity index (χ2v) is 3.16. The molecule has 0 rings (SSSR count). The Bertz CT molecular complexity index is 183. The largest absolute Gasteiger partial charge is 0.446 e. The Labute approximate surface area is 96.6 Å². The highest BCUT2D eigenvalue weighted by molar-refractivity contribution is 5.73. The van der Waals surface area contributed by atoms with Crippen LogP contribution >= 0.6 is 0 Å². The predicted octanol–water partition coefficient (Wildman–Crippen LogP) is 2.20. The molecule has 6 heteroatoms. The van der Waals surface area contributed by atoms with Gasteiger partial charge in [-0.2, -0.15) is 0 Å². The summed E-state index contributed by atoms with van der Waals surface area (Å²) in [6.07, 6.45) is -1.92. The Morgan fingerprint density at radius 3 is 1.25 bits per heavy atom. The number of carbonyl (C=O) groups excluding carboxylic acids is 2. The van der Waals surface area contributed by atoms with Crippen molar-refractivity contribution < 1.29 is 19.1 Å². The molecule has 0 atom stereocenters. The third-order valence-electron chi connectivity index (χ3n) is 0.952. The van der Waals surface area contributed by atoms with Gasteiger partial charge in [-0.05, 0) is 27.7 Å². The second-order valence-electron chi connectivity index (χ2n) is 3.16. The first-order valence-electron chi connectivity index (χ1n) is 5.35. The van der Waals surface area contributed by atoms with Crippen molar-refractivity contribution in [2.45, 2.75) is 53.8 Å². The van der Waals surface area contributed by atoms with E-state index in [0.29, 0.717) is 0 Å². The topological polar surface area (TPSA) is 76.7 Å². The Morgan fingerprint density at radius 2 is 1.06 bits per heavy atom. The van der Waals surface area contributed by atoms with Crippen molar-refractivity contribution in [3.05, 3.63) is 0 Å². The van der Waals surface area contributed by atoms with E-state index >= 15 is 0 Å². The first-order chi connectivity index (χ1) is 7.41. The van der Waals surface area contributed by atoms with E-state index in [-0.39, 0.29) is 12.2 Å². The number of rotatable bonds is 2. The fraction of sp³-hybridized carbons (Fsp3) is 0.800. The molecule has 0 aromatic heterocycles. The third-order valence-corrected chi connectivity index (χ3v) is 0.952. The molecule has 0 aliphatic rings. The maximum atomic E-state index is 10.8. The van der Waals surface area contributed by atoms with Gasteiger partial charge in [-0.1, -0.05) is 13.8 Å². The number of hydrogen-bond acceptors (Lipinski definition) is 4. The first-order valence-corrected chi connectivity index (χ1v) is 5.35. The zero-order chi connectivity index (χ0) is 13.1. The van der Waals surface area contributed by atoms with Gasteiger partial charge in [0.25, 0.3) is 0 Å². The highest BCUT2D eigenvalue weighted by Crippen LogP contribution is 1.88. The van der Waals surface area contributed by atoms with Gasteiger partial charge in [0.2, 0.25) is 0 Å². The summed E-state index contributed by atoms with van der Waals surface area (Å²) in [7, 11) is 0. The van der Waals surface area contributed by atoms with Gasteiger partial charge in [-0.25, -0.2) is 20.4 Å². The molecule has 0 radical (unpaired) electrons. The van der Waals surface area contributed by atoms with Crippen molar-refractivity contribution in [1.82, 2.24) is 10.9 Å². The fourth-order valence-corrected chi connectivity index (χ4v) is 0.589. The fourth-order valence-electron chi connectivity index (χ4n) is 0.589. The van der Waals surface area contributed by atoms with E-state index < -0.39 is 12.2 Å². The van der Waals surface area contributed by atoms with Crippen molar-refractivity contribution in [2.24, 2.45) is 0 Å². The minimum absolute atomic E-state index is 0.238. The molecule has 2 N–H and O–H groups in total. The Kier molecular flexibility index (Phi) is 10.7. The van der Waals surface area contributed by atoms with Crippen LogP contribution in [0.2, 0.25) is 0 Å². The van der Waals surface area contributed by atoms with E-state index in [1.165, 1.54) is 0 Å². The molecule has 16 heavy (non-hydrogen) atoms. The molecule has 0 saturated carbocycles. The number of nitrogens with one attached hydrogen (secondary N) is 2. The lowest BCUT2D eigenvalue weighted by Crippen LogP contribution is -2.43. The molecular formula is C10H22N2O4. The van der Waals surface area contributed by atoms with Gasteiger partial charge in [-0.3, -0.25) is 0 Å². The minimum Gasteiger partial charge on any atom is -0.446 e. The molecular weight excluding hydrogens is 212 g/mol. The van der Waals surface area contributed by atoms with Crippen LogP contribution in [0.4, 0.5) is 9.59 Å². The predicted molar refractivity (Wildman–Crippen MR) is 60.9 cm³/mol. The molecule has 6 nitrogen and oxygen atoms in total. The Balaban J connectivity index is 0. The van der Waals surface area contributed by atoms with Gasteiger partial charge < -0.3 is 9.47 Å². The number of amides is 2. The van der Waals surface area contributed by atoms with Gasteiger partial charge in [-0.15, -0.1) is 0 Å². The molecule has 0 aliphatic heterocycles. The van der Waals surface area contributed by atoms with E-state index in [4.69, 9.17) is 0 Å². The van der Waals surface area contributed by atoms with Crippen LogP contribution in [-0.2, 0) is 9.47 Å². The number of hydrazine groups is 1. The Hall–Kier alpha value is -1.46. The van der Waals surface area contributed by atoms with E-state index in [1.807, 2.05) is 24.7 Å². The lowest BCUT2D eigenvalue weighted by molar-refractivity contribution is 0.0948. The van der Waals surface area contributed by atoms with Crippen LogP contribution < -0.4 is 10.9 Å². The van der Waals surface area contributed by atoms with Crippen LogP contribution in [0.1, 0.15) is 41.5 Å². The van der Waals surface area contributed by atoms with E-state index in [0.717, 1.165) is 0 Å². The SMILES string of the molecule is CC.CC(C)OC(=O)NNC(=O)OC(C)C. The quantitative estimate of drug-likeness (QED) is 0.718. The zero-order valence-corrected chi connectivity index (χ0v) is 10.8. The molecule has 0 unspecified atom stereocenters. The molecule has 2 amide bonds. The summed E-state index contributed by atoms with van der Waals surface area (Å²) in [6.45, 7) is 10.8. The van der Waals surface area contributed by atoms with Crippen molar-refractivity contribution >= 4 is 12.2 Å². The normalized spacial score (nSPS) is 9.00. The van der Waals surface area contributed by atoms with Crippen molar-refractivity contribution in [3.8, 4) is 0 Å². The van der Waals surface area contributed by atoms with Gasteiger partial charge in [0.05, 0.1) is 12.2 Å². The summed E-state index contributed by atoms with van der Waals surface area (Å²) >= 11 is 0. The maximum absolute atomic E-state index is 10.8. The summed E-state index contributed by atoms with van der Waals surface area (Å²) in [5.74, 6) is 0.